The van der Waals surface area contributed by atoms with E-state index >= 15 is 0 Å². The van der Waals surface area contributed by atoms with E-state index in [0.29, 0.717) is 25.4 Å². The third kappa shape index (κ3) is 6.55. The molecule has 1 heterocycles. The van der Waals surface area contributed by atoms with Gasteiger partial charge < -0.3 is 20.9 Å². The van der Waals surface area contributed by atoms with Gasteiger partial charge in [0.15, 0.2) is 5.96 Å². The van der Waals surface area contributed by atoms with Crippen LogP contribution in [0.2, 0.25) is 0 Å². The lowest BCUT2D eigenvalue weighted by Crippen LogP contribution is -2.45. The van der Waals surface area contributed by atoms with Crippen LogP contribution < -0.4 is 16.0 Å². The number of nitrogens with one attached hydrogen (secondary N) is 3. The predicted octanol–water partition coefficient (Wildman–Crippen LogP) is 1.00. The Morgan fingerprint density at radius 2 is 1.84 bits per heavy atom. The minimum atomic E-state index is 0.0899. The summed E-state index contributed by atoms with van der Waals surface area (Å²) in [5, 5.41) is 9.69. The first-order valence-electron chi connectivity index (χ1n) is 9.74. The van der Waals surface area contributed by atoms with E-state index in [4.69, 9.17) is 0 Å². The molecule has 0 radical (unpaired) electrons. The van der Waals surface area contributed by atoms with Gasteiger partial charge in [-0.3, -0.25) is 14.6 Å². The lowest BCUT2D eigenvalue weighted by atomic mass is 10.2. The summed E-state index contributed by atoms with van der Waals surface area (Å²) in [6.07, 6.45) is 6.54. The van der Waals surface area contributed by atoms with Crippen LogP contribution in [0.15, 0.2) is 4.99 Å². The summed E-state index contributed by atoms with van der Waals surface area (Å²) in [5.41, 5.74) is 0. The fourth-order valence-corrected chi connectivity index (χ4v) is 3.48. The molecule has 2 aliphatic rings. The van der Waals surface area contributed by atoms with Crippen LogP contribution in [0.3, 0.4) is 0 Å². The third-order valence-electron chi connectivity index (χ3n) is 4.86. The topological polar surface area (TPSA) is 85.8 Å². The molecule has 7 nitrogen and oxygen atoms in total. The zero-order valence-electron chi connectivity index (χ0n) is 15.6. The van der Waals surface area contributed by atoms with Crippen molar-refractivity contribution in [3.63, 3.8) is 0 Å². The van der Waals surface area contributed by atoms with E-state index in [1.54, 1.807) is 0 Å². The Morgan fingerprint density at radius 1 is 1.08 bits per heavy atom. The maximum atomic E-state index is 12.0. The first kappa shape index (κ1) is 19.5. The molecule has 0 aromatic rings. The molecular formula is C18H33N5O2. The van der Waals surface area contributed by atoms with Gasteiger partial charge in [0.25, 0.3) is 0 Å². The molecule has 0 bridgehead atoms. The van der Waals surface area contributed by atoms with E-state index in [0.717, 1.165) is 44.9 Å². The fourth-order valence-electron chi connectivity index (χ4n) is 3.48. The molecule has 2 rings (SSSR count). The molecule has 3 N–H and O–H groups in total. The third-order valence-corrected chi connectivity index (χ3v) is 4.86. The molecule has 1 saturated heterocycles. The lowest BCUT2D eigenvalue weighted by Gasteiger charge is -2.18. The molecule has 0 aromatic carbocycles. The first-order valence-corrected chi connectivity index (χ1v) is 9.74. The molecule has 7 heteroatoms. The Kier molecular flexibility index (Phi) is 8.01. The average Bonchev–Trinajstić information content (AvgIpc) is 3.26. The van der Waals surface area contributed by atoms with Crippen molar-refractivity contribution < 1.29 is 9.59 Å². The largest absolute Gasteiger partial charge is 0.357 e. The quantitative estimate of drug-likeness (QED) is 0.472. The molecule has 0 aromatic heterocycles. The molecule has 1 aliphatic heterocycles. The highest BCUT2D eigenvalue weighted by Crippen LogP contribution is 2.17. The Bertz CT molecular complexity index is 474. The molecule has 1 unspecified atom stereocenters. The zero-order valence-corrected chi connectivity index (χ0v) is 15.6. The Morgan fingerprint density at radius 3 is 2.52 bits per heavy atom. The van der Waals surface area contributed by atoms with Crippen LogP contribution in [0.1, 0.15) is 58.8 Å². The second-order valence-corrected chi connectivity index (χ2v) is 6.88. The minimum Gasteiger partial charge on any atom is -0.357 e. The van der Waals surface area contributed by atoms with Gasteiger partial charge in [0, 0.05) is 44.6 Å². The van der Waals surface area contributed by atoms with Gasteiger partial charge in [0.1, 0.15) is 0 Å². The number of hydrogen-bond donors (Lipinski definition) is 3. The summed E-state index contributed by atoms with van der Waals surface area (Å²) in [6, 6.07) is 0.587. The van der Waals surface area contributed by atoms with E-state index in [9.17, 15) is 9.59 Å². The maximum absolute atomic E-state index is 12.0. The summed E-state index contributed by atoms with van der Waals surface area (Å²) >= 11 is 0. The van der Waals surface area contributed by atoms with E-state index in [-0.39, 0.29) is 17.9 Å². The van der Waals surface area contributed by atoms with Gasteiger partial charge in [-0.25, -0.2) is 0 Å². The SMILES string of the molecule is CCNC(=NCCC(=O)NC1CCCC1)NC1CCN(C(=O)CC)C1. The van der Waals surface area contributed by atoms with Crippen molar-refractivity contribution in [3.05, 3.63) is 0 Å². The lowest BCUT2D eigenvalue weighted by molar-refractivity contribution is -0.129. The number of hydrogen-bond acceptors (Lipinski definition) is 3. The second-order valence-electron chi connectivity index (χ2n) is 6.88. The number of likely N-dealkylation sites (tertiary alicyclic amines) is 1. The molecule has 2 fully saturated rings. The maximum Gasteiger partial charge on any atom is 0.222 e. The van der Waals surface area contributed by atoms with Gasteiger partial charge in [-0.15, -0.1) is 0 Å². The number of amides is 2. The second kappa shape index (κ2) is 10.3. The highest BCUT2D eigenvalue weighted by Gasteiger charge is 2.25. The van der Waals surface area contributed by atoms with E-state index in [1.807, 2.05) is 18.7 Å². The van der Waals surface area contributed by atoms with Crippen LogP contribution in [0.25, 0.3) is 0 Å². The number of nitrogens with zero attached hydrogens (tertiary/aromatic N) is 2. The highest BCUT2D eigenvalue weighted by molar-refractivity contribution is 5.81. The summed E-state index contributed by atoms with van der Waals surface area (Å²) in [5.74, 6) is 1.02. The summed E-state index contributed by atoms with van der Waals surface area (Å²) in [6.45, 7) is 6.67. The molecule has 142 valence electrons. The molecule has 1 atom stereocenters. The van der Waals surface area contributed by atoms with Crippen LogP contribution in [0, 0.1) is 0 Å². The Labute approximate surface area is 151 Å². The van der Waals surface area contributed by atoms with Crippen molar-refractivity contribution in [1.82, 2.24) is 20.9 Å². The number of guanidine groups is 1. The minimum absolute atomic E-state index is 0.0899. The van der Waals surface area contributed by atoms with Crippen LogP contribution in [0.5, 0.6) is 0 Å². The number of carbonyl (C=O) groups is 2. The van der Waals surface area contributed by atoms with Gasteiger partial charge in [-0.05, 0) is 26.2 Å². The van der Waals surface area contributed by atoms with Crippen molar-refractivity contribution in [3.8, 4) is 0 Å². The Balaban J connectivity index is 1.74. The first-order chi connectivity index (χ1) is 12.1. The van der Waals surface area contributed by atoms with Crippen LogP contribution in [-0.2, 0) is 9.59 Å². The van der Waals surface area contributed by atoms with Crippen LogP contribution >= 0.6 is 0 Å². The summed E-state index contributed by atoms with van der Waals surface area (Å²) in [7, 11) is 0. The van der Waals surface area contributed by atoms with Gasteiger partial charge in [0.2, 0.25) is 11.8 Å². The standard InChI is InChI=1S/C18H33N5O2/c1-3-17(25)23-12-10-15(13-23)22-18(19-4-2)20-11-9-16(24)21-14-7-5-6-8-14/h14-15H,3-13H2,1-2H3,(H,21,24)(H2,19,20,22). The molecular weight excluding hydrogens is 318 g/mol. The number of carbonyl (C=O) groups excluding carboxylic acids is 2. The zero-order chi connectivity index (χ0) is 18.1. The smallest absolute Gasteiger partial charge is 0.222 e. The number of rotatable bonds is 7. The van der Waals surface area contributed by atoms with Gasteiger partial charge in [-0.1, -0.05) is 19.8 Å². The van der Waals surface area contributed by atoms with Crippen molar-refractivity contribution >= 4 is 17.8 Å². The van der Waals surface area contributed by atoms with Crippen molar-refractivity contribution in [1.29, 1.82) is 0 Å². The van der Waals surface area contributed by atoms with Gasteiger partial charge >= 0.3 is 0 Å². The van der Waals surface area contributed by atoms with E-state index in [1.165, 1.54) is 12.8 Å². The van der Waals surface area contributed by atoms with E-state index in [2.05, 4.69) is 20.9 Å². The van der Waals surface area contributed by atoms with E-state index < -0.39 is 0 Å². The van der Waals surface area contributed by atoms with Crippen molar-refractivity contribution in [2.45, 2.75) is 70.9 Å². The molecule has 25 heavy (non-hydrogen) atoms. The molecule has 1 saturated carbocycles. The monoisotopic (exact) mass is 351 g/mol. The molecule has 2 amide bonds. The van der Waals surface area contributed by atoms with Crippen LogP contribution in [-0.4, -0.2) is 60.9 Å². The predicted molar refractivity (Wildman–Crippen MR) is 99.4 cm³/mol. The average molecular weight is 351 g/mol. The summed E-state index contributed by atoms with van der Waals surface area (Å²) in [4.78, 5) is 30.1. The molecule has 1 aliphatic carbocycles. The normalized spacial score (nSPS) is 21.4. The Hall–Kier alpha value is -1.79. The highest BCUT2D eigenvalue weighted by atomic mass is 16.2. The summed E-state index contributed by atoms with van der Waals surface area (Å²) < 4.78 is 0. The fraction of sp³-hybridized carbons (Fsp3) is 0.833. The van der Waals surface area contributed by atoms with Crippen molar-refractivity contribution in [2.75, 3.05) is 26.2 Å². The number of aliphatic imine (C=N–C) groups is 1. The van der Waals surface area contributed by atoms with Gasteiger partial charge in [0.05, 0.1) is 6.54 Å². The van der Waals surface area contributed by atoms with Gasteiger partial charge in [-0.2, -0.15) is 0 Å². The van der Waals surface area contributed by atoms with Crippen LogP contribution in [0.4, 0.5) is 0 Å². The molecule has 0 spiro atoms. The van der Waals surface area contributed by atoms with Crippen molar-refractivity contribution in [2.24, 2.45) is 4.99 Å².